The minimum atomic E-state index is -0.542. The van der Waals surface area contributed by atoms with E-state index in [0.717, 1.165) is 18.2 Å². The number of methoxy groups -OCH3 is 2. The predicted octanol–water partition coefficient (Wildman–Crippen LogP) is 5.00. The molecular formula is C24H28N4O6S. The quantitative estimate of drug-likeness (QED) is 0.365. The summed E-state index contributed by atoms with van der Waals surface area (Å²) in [4.78, 5) is 19.7. The van der Waals surface area contributed by atoms with Crippen molar-refractivity contribution in [2.24, 2.45) is 0 Å². The number of carbonyl (C=O) groups is 1. The van der Waals surface area contributed by atoms with E-state index < -0.39 is 5.60 Å². The zero-order valence-corrected chi connectivity index (χ0v) is 21.2. The average Bonchev–Trinajstić information content (AvgIpc) is 3.57. The van der Waals surface area contributed by atoms with Crippen molar-refractivity contribution in [1.82, 2.24) is 19.5 Å². The molecule has 1 aliphatic rings. The summed E-state index contributed by atoms with van der Waals surface area (Å²) in [5.74, 6) is 1.82. The van der Waals surface area contributed by atoms with Crippen LogP contribution in [0.15, 0.2) is 28.8 Å². The molecule has 1 fully saturated rings. The van der Waals surface area contributed by atoms with Crippen molar-refractivity contribution in [1.29, 1.82) is 0 Å². The Bertz CT molecular complexity index is 1340. The Morgan fingerprint density at radius 3 is 2.77 bits per heavy atom. The topological polar surface area (TPSA) is 101 Å². The third-order valence-electron chi connectivity index (χ3n) is 5.70. The van der Waals surface area contributed by atoms with Crippen LogP contribution in [-0.4, -0.2) is 64.6 Å². The molecule has 0 N–H and O–H groups in total. The third-order valence-corrected chi connectivity index (χ3v) is 6.58. The van der Waals surface area contributed by atoms with E-state index in [4.69, 9.17) is 23.4 Å². The van der Waals surface area contributed by atoms with Gasteiger partial charge in [0.05, 0.1) is 31.8 Å². The third kappa shape index (κ3) is 4.72. The molecule has 35 heavy (non-hydrogen) atoms. The van der Waals surface area contributed by atoms with Gasteiger partial charge in [-0.15, -0.1) is 5.10 Å². The molecule has 0 saturated carbocycles. The zero-order chi connectivity index (χ0) is 24.7. The van der Waals surface area contributed by atoms with E-state index in [-0.39, 0.29) is 12.1 Å². The van der Waals surface area contributed by atoms with Gasteiger partial charge in [-0.1, -0.05) is 0 Å². The van der Waals surface area contributed by atoms with Crippen molar-refractivity contribution < 1.29 is 28.2 Å². The number of furan rings is 1. The second kappa shape index (κ2) is 8.95. The van der Waals surface area contributed by atoms with E-state index in [0.29, 0.717) is 51.8 Å². The molecule has 1 aromatic carbocycles. The normalized spacial score (nSPS) is 16.3. The van der Waals surface area contributed by atoms with E-state index in [1.54, 1.807) is 29.8 Å². The highest BCUT2D eigenvalue weighted by atomic mass is 32.1. The van der Waals surface area contributed by atoms with Crippen molar-refractivity contribution in [3.8, 4) is 28.1 Å². The predicted molar refractivity (Wildman–Crippen MR) is 131 cm³/mol. The number of benzene rings is 1. The van der Waals surface area contributed by atoms with Gasteiger partial charge in [0, 0.05) is 18.7 Å². The molecule has 11 heteroatoms. The van der Waals surface area contributed by atoms with Crippen LogP contribution in [-0.2, 0) is 4.74 Å². The van der Waals surface area contributed by atoms with E-state index in [1.165, 1.54) is 11.3 Å². The Kier molecular flexibility index (Phi) is 5.96. The molecule has 5 rings (SSSR count). The zero-order valence-electron chi connectivity index (χ0n) is 20.4. The minimum Gasteiger partial charge on any atom is -0.496 e. The van der Waals surface area contributed by atoms with Gasteiger partial charge in [-0.3, -0.25) is 0 Å². The van der Waals surface area contributed by atoms with Crippen LogP contribution in [0.3, 0.4) is 0 Å². The summed E-state index contributed by atoms with van der Waals surface area (Å²) in [6.07, 6.45) is 3.24. The Morgan fingerprint density at radius 2 is 2.06 bits per heavy atom. The SMILES string of the molecule is COc1cc(OCC2CCCN2C(=O)OC(C)(C)C)c2cc(-c3cn4nc(OC)sc4n3)oc2c1. The van der Waals surface area contributed by atoms with Crippen molar-refractivity contribution in [2.45, 2.75) is 45.3 Å². The first-order valence-corrected chi connectivity index (χ1v) is 12.2. The number of hydrogen-bond donors (Lipinski definition) is 0. The second-order valence-corrected chi connectivity index (χ2v) is 10.3. The van der Waals surface area contributed by atoms with Gasteiger partial charge in [0.1, 0.15) is 35.0 Å². The maximum absolute atomic E-state index is 12.6. The molecule has 1 unspecified atom stereocenters. The molecule has 186 valence electrons. The summed E-state index contributed by atoms with van der Waals surface area (Å²) in [5.41, 5.74) is 0.727. The van der Waals surface area contributed by atoms with Crippen molar-refractivity contribution >= 4 is 33.4 Å². The summed E-state index contributed by atoms with van der Waals surface area (Å²) < 4.78 is 30.2. The first-order valence-electron chi connectivity index (χ1n) is 11.4. The van der Waals surface area contributed by atoms with Crippen LogP contribution in [0.2, 0.25) is 0 Å². The number of imidazole rings is 1. The molecule has 3 aromatic heterocycles. The van der Waals surface area contributed by atoms with Crippen molar-refractivity contribution in [3.05, 3.63) is 24.4 Å². The molecule has 0 radical (unpaired) electrons. The molecule has 1 aliphatic heterocycles. The van der Waals surface area contributed by atoms with Crippen molar-refractivity contribution in [3.63, 3.8) is 0 Å². The van der Waals surface area contributed by atoms with Gasteiger partial charge >= 0.3 is 6.09 Å². The second-order valence-electron chi connectivity index (χ2n) is 9.35. The lowest BCUT2D eigenvalue weighted by Gasteiger charge is -2.28. The lowest BCUT2D eigenvalue weighted by Crippen LogP contribution is -2.42. The van der Waals surface area contributed by atoms with Crippen LogP contribution in [0.4, 0.5) is 4.79 Å². The van der Waals surface area contributed by atoms with Crippen LogP contribution in [0.1, 0.15) is 33.6 Å². The van der Waals surface area contributed by atoms with Gasteiger partial charge in [0.25, 0.3) is 5.19 Å². The van der Waals surface area contributed by atoms with Crippen LogP contribution >= 0.6 is 11.3 Å². The lowest BCUT2D eigenvalue weighted by atomic mass is 10.2. The number of ether oxygens (including phenoxy) is 4. The number of hydrogen-bond acceptors (Lipinski definition) is 9. The van der Waals surface area contributed by atoms with Gasteiger partial charge in [-0.05, 0) is 51.0 Å². The van der Waals surface area contributed by atoms with Crippen LogP contribution < -0.4 is 14.2 Å². The first kappa shape index (κ1) is 23.3. The number of likely N-dealkylation sites (tertiary alicyclic amines) is 1. The van der Waals surface area contributed by atoms with Gasteiger partial charge < -0.3 is 28.3 Å². The number of rotatable bonds is 6. The van der Waals surface area contributed by atoms with Gasteiger partial charge in [0.15, 0.2) is 5.76 Å². The summed E-state index contributed by atoms with van der Waals surface area (Å²) in [6.45, 7) is 6.60. The number of amides is 1. The standard InChI is InChI=1S/C24H28N4O6S/c1-24(2,3)34-23(29)27-8-6-7-14(27)13-32-18-9-15(30-4)10-19-16(18)11-20(33-19)17-12-28-21(25-17)35-22(26-28)31-5/h9-12,14H,6-8,13H2,1-5H3. The maximum atomic E-state index is 12.6. The van der Waals surface area contributed by atoms with E-state index in [9.17, 15) is 4.79 Å². The molecule has 0 spiro atoms. The molecule has 1 amide bonds. The highest BCUT2D eigenvalue weighted by Gasteiger charge is 2.33. The summed E-state index contributed by atoms with van der Waals surface area (Å²) in [7, 11) is 3.17. The molecule has 0 bridgehead atoms. The van der Waals surface area contributed by atoms with E-state index in [1.807, 2.05) is 39.0 Å². The fraction of sp³-hybridized carbons (Fsp3) is 0.458. The highest BCUT2D eigenvalue weighted by molar-refractivity contribution is 7.18. The van der Waals surface area contributed by atoms with E-state index >= 15 is 0 Å². The Morgan fingerprint density at radius 1 is 1.23 bits per heavy atom. The molecule has 4 aromatic rings. The first-order chi connectivity index (χ1) is 16.7. The Hall–Kier alpha value is -3.47. The number of carbonyl (C=O) groups excluding carboxylic acids is 1. The highest BCUT2D eigenvalue weighted by Crippen LogP contribution is 2.37. The van der Waals surface area contributed by atoms with Gasteiger partial charge in [-0.25, -0.2) is 14.3 Å². The largest absolute Gasteiger partial charge is 0.496 e. The number of fused-ring (bicyclic) bond motifs is 2. The fourth-order valence-corrected chi connectivity index (χ4v) is 4.78. The summed E-state index contributed by atoms with van der Waals surface area (Å²) in [6, 6.07) is 5.47. The van der Waals surface area contributed by atoms with Gasteiger partial charge in [-0.2, -0.15) is 0 Å². The lowest BCUT2D eigenvalue weighted by molar-refractivity contribution is 0.0188. The average molecular weight is 501 g/mol. The Balaban J connectivity index is 1.39. The number of nitrogens with zero attached hydrogens (tertiary/aromatic N) is 4. The molecule has 4 heterocycles. The summed E-state index contributed by atoms with van der Waals surface area (Å²) in [5, 5.41) is 5.65. The van der Waals surface area contributed by atoms with Crippen LogP contribution in [0, 0.1) is 0 Å². The smallest absolute Gasteiger partial charge is 0.410 e. The minimum absolute atomic E-state index is 0.0709. The van der Waals surface area contributed by atoms with Crippen LogP contribution in [0.25, 0.3) is 27.4 Å². The van der Waals surface area contributed by atoms with Crippen molar-refractivity contribution in [2.75, 3.05) is 27.4 Å². The fourth-order valence-electron chi connectivity index (χ4n) is 4.09. The van der Waals surface area contributed by atoms with E-state index in [2.05, 4.69) is 10.1 Å². The number of aromatic nitrogens is 3. The monoisotopic (exact) mass is 500 g/mol. The van der Waals surface area contributed by atoms with Gasteiger partial charge in [0.2, 0.25) is 4.96 Å². The molecule has 1 atom stereocenters. The summed E-state index contributed by atoms with van der Waals surface area (Å²) >= 11 is 1.35. The molecule has 0 aliphatic carbocycles. The molecular weight excluding hydrogens is 472 g/mol. The van der Waals surface area contributed by atoms with Crippen LogP contribution in [0.5, 0.6) is 16.7 Å². The maximum Gasteiger partial charge on any atom is 0.410 e. The molecule has 1 saturated heterocycles. The Labute approximate surface area is 206 Å². The molecule has 10 nitrogen and oxygen atoms in total.